The Bertz CT molecular complexity index is 846. The van der Waals surface area contributed by atoms with Crippen LogP contribution in [0, 0.1) is 13.8 Å². The van der Waals surface area contributed by atoms with Crippen LogP contribution in [0.15, 0.2) is 15.5 Å². The second kappa shape index (κ2) is 5.84. The van der Waals surface area contributed by atoms with Crippen molar-refractivity contribution in [2.45, 2.75) is 24.9 Å². The van der Waals surface area contributed by atoms with Gasteiger partial charge in [0.1, 0.15) is 10.8 Å². The summed E-state index contributed by atoms with van der Waals surface area (Å²) < 4.78 is 69.3. The number of hydrogen-bond acceptors (Lipinski definition) is 5. The molecule has 0 fully saturated rings. The number of sulfonamides is 1. The van der Waals surface area contributed by atoms with Crippen molar-refractivity contribution < 1.29 is 26.1 Å². The first kappa shape index (κ1) is 17.8. The Labute approximate surface area is 138 Å². The second-order valence-electron chi connectivity index (χ2n) is 4.41. The first-order chi connectivity index (χ1) is 10.4. The molecule has 2 aromatic heterocycles. The van der Waals surface area contributed by atoms with Crippen LogP contribution in [-0.4, -0.2) is 18.6 Å². The molecule has 126 valence electrons. The van der Waals surface area contributed by atoms with Crippen LogP contribution in [0.25, 0.3) is 0 Å². The lowest BCUT2D eigenvalue weighted by Gasteiger charge is -2.12. The second-order valence-corrected chi connectivity index (χ2v) is 6.80. The van der Waals surface area contributed by atoms with E-state index in [2.05, 4.69) is 10.1 Å². The molecule has 1 N–H and O–H groups in total. The summed E-state index contributed by atoms with van der Waals surface area (Å²) >= 11 is 11.1. The summed E-state index contributed by atoms with van der Waals surface area (Å²) in [6.45, 7) is 2.75. The molecule has 0 saturated heterocycles. The maximum Gasteiger partial charge on any atom is 0.419 e. The van der Waals surface area contributed by atoms with Crippen molar-refractivity contribution in [1.82, 2.24) is 10.1 Å². The van der Waals surface area contributed by atoms with Gasteiger partial charge in [-0.1, -0.05) is 28.4 Å². The van der Waals surface area contributed by atoms with Gasteiger partial charge in [0.15, 0.2) is 16.5 Å². The zero-order valence-electron chi connectivity index (χ0n) is 11.5. The fraction of sp³-hybridized carbons (Fsp3) is 0.273. The Morgan fingerprint density at radius 3 is 2.35 bits per heavy atom. The number of rotatable bonds is 3. The van der Waals surface area contributed by atoms with Crippen LogP contribution in [0.5, 0.6) is 0 Å². The van der Waals surface area contributed by atoms with Crippen molar-refractivity contribution in [2.24, 2.45) is 0 Å². The van der Waals surface area contributed by atoms with E-state index in [0.29, 0.717) is 6.07 Å². The SMILES string of the molecule is Cc1noc(C)c1S(=O)(=O)Nc1nc(Cl)c(C(F)(F)F)cc1Cl. The van der Waals surface area contributed by atoms with Crippen LogP contribution in [0.3, 0.4) is 0 Å². The molecule has 0 bridgehead atoms. The van der Waals surface area contributed by atoms with Gasteiger partial charge in [0.05, 0.1) is 10.6 Å². The van der Waals surface area contributed by atoms with E-state index in [1.54, 1.807) is 0 Å². The van der Waals surface area contributed by atoms with Crippen LogP contribution in [0.2, 0.25) is 10.2 Å². The van der Waals surface area contributed by atoms with Gasteiger partial charge in [0.25, 0.3) is 10.0 Å². The third kappa shape index (κ3) is 3.54. The number of anilines is 1. The van der Waals surface area contributed by atoms with Gasteiger partial charge < -0.3 is 4.52 Å². The summed E-state index contributed by atoms with van der Waals surface area (Å²) in [6, 6.07) is 0.488. The van der Waals surface area contributed by atoms with Crippen LogP contribution in [-0.2, 0) is 16.2 Å². The van der Waals surface area contributed by atoms with Gasteiger partial charge in [0.2, 0.25) is 0 Å². The average Bonchev–Trinajstić information content (AvgIpc) is 2.72. The Morgan fingerprint density at radius 2 is 1.87 bits per heavy atom. The van der Waals surface area contributed by atoms with Gasteiger partial charge in [-0.25, -0.2) is 13.4 Å². The number of aromatic nitrogens is 2. The minimum absolute atomic E-state index is 0.00383. The Kier molecular flexibility index (Phi) is 4.53. The fourth-order valence-corrected chi connectivity index (χ4v) is 3.63. The van der Waals surface area contributed by atoms with E-state index in [4.69, 9.17) is 27.7 Å². The summed E-state index contributed by atoms with van der Waals surface area (Å²) in [5.74, 6) is -0.534. The molecule has 23 heavy (non-hydrogen) atoms. The minimum atomic E-state index is -4.77. The van der Waals surface area contributed by atoms with Crippen LogP contribution < -0.4 is 4.72 Å². The molecule has 12 heteroatoms. The summed E-state index contributed by atoms with van der Waals surface area (Å²) in [6.07, 6.45) is -4.77. The molecule has 0 aliphatic heterocycles. The number of nitrogens with zero attached hydrogens (tertiary/aromatic N) is 2. The predicted octanol–water partition coefficient (Wildman–Crippen LogP) is 3.81. The van der Waals surface area contributed by atoms with Gasteiger partial charge in [-0.2, -0.15) is 13.2 Å². The first-order valence-corrected chi connectivity index (χ1v) is 8.06. The zero-order chi connectivity index (χ0) is 17.6. The quantitative estimate of drug-likeness (QED) is 0.806. The van der Waals surface area contributed by atoms with E-state index < -0.39 is 37.8 Å². The summed E-state index contributed by atoms with van der Waals surface area (Å²) in [7, 11) is -4.21. The van der Waals surface area contributed by atoms with Crippen molar-refractivity contribution in [1.29, 1.82) is 0 Å². The largest absolute Gasteiger partial charge is 0.419 e. The van der Waals surface area contributed by atoms with Crippen LogP contribution in [0.1, 0.15) is 17.0 Å². The molecule has 0 radical (unpaired) electrons. The third-order valence-electron chi connectivity index (χ3n) is 2.70. The van der Waals surface area contributed by atoms with Crippen molar-refractivity contribution in [2.75, 3.05) is 4.72 Å². The third-order valence-corrected chi connectivity index (χ3v) is 4.86. The average molecular weight is 390 g/mol. The Morgan fingerprint density at radius 1 is 1.26 bits per heavy atom. The number of hydrogen-bond donors (Lipinski definition) is 1. The van der Waals surface area contributed by atoms with E-state index in [1.165, 1.54) is 13.8 Å². The van der Waals surface area contributed by atoms with E-state index >= 15 is 0 Å². The van der Waals surface area contributed by atoms with Crippen molar-refractivity contribution in [3.8, 4) is 0 Å². The molecular weight excluding hydrogens is 382 g/mol. The molecule has 6 nitrogen and oxygen atoms in total. The molecule has 0 spiro atoms. The highest BCUT2D eigenvalue weighted by Crippen LogP contribution is 2.37. The predicted molar refractivity (Wildman–Crippen MR) is 76.0 cm³/mol. The molecular formula is C11H8Cl2F3N3O3S. The summed E-state index contributed by atoms with van der Waals surface area (Å²) in [4.78, 5) is 3.11. The van der Waals surface area contributed by atoms with E-state index in [-0.39, 0.29) is 16.3 Å². The monoisotopic (exact) mass is 389 g/mol. The topological polar surface area (TPSA) is 85.1 Å². The molecule has 0 unspecified atom stereocenters. The molecule has 0 aliphatic rings. The lowest BCUT2D eigenvalue weighted by atomic mass is 10.3. The highest BCUT2D eigenvalue weighted by Gasteiger charge is 2.35. The van der Waals surface area contributed by atoms with Gasteiger partial charge in [0, 0.05) is 0 Å². The molecule has 0 aliphatic carbocycles. The molecule has 0 atom stereocenters. The summed E-state index contributed by atoms with van der Waals surface area (Å²) in [5.41, 5.74) is -1.20. The van der Waals surface area contributed by atoms with Gasteiger partial charge in [-0.05, 0) is 19.9 Å². The molecule has 2 aromatic rings. The number of alkyl halides is 3. The molecule has 2 heterocycles. The van der Waals surface area contributed by atoms with Crippen LogP contribution in [0.4, 0.5) is 19.0 Å². The van der Waals surface area contributed by atoms with E-state index in [1.807, 2.05) is 4.72 Å². The normalized spacial score (nSPS) is 12.5. The molecule has 0 amide bonds. The maximum absolute atomic E-state index is 12.7. The lowest BCUT2D eigenvalue weighted by Crippen LogP contribution is -2.17. The van der Waals surface area contributed by atoms with Crippen LogP contribution >= 0.6 is 23.2 Å². The standard InChI is InChI=1S/C11H8Cl2F3N3O3S/c1-4-8(5(2)22-18-4)23(20,21)19-10-7(12)3-6(9(13)17-10)11(14,15)16/h3H,1-2H3,(H,17,19). The molecule has 0 aromatic carbocycles. The van der Waals surface area contributed by atoms with Crippen molar-refractivity contribution in [3.05, 3.63) is 33.3 Å². The Hall–Kier alpha value is -1.52. The number of pyridine rings is 1. The fourth-order valence-electron chi connectivity index (χ4n) is 1.77. The zero-order valence-corrected chi connectivity index (χ0v) is 13.8. The van der Waals surface area contributed by atoms with Gasteiger partial charge >= 0.3 is 6.18 Å². The highest BCUT2D eigenvalue weighted by atomic mass is 35.5. The molecule has 0 saturated carbocycles. The highest BCUT2D eigenvalue weighted by molar-refractivity contribution is 7.92. The maximum atomic E-state index is 12.7. The van der Waals surface area contributed by atoms with E-state index in [9.17, 15) is 21.6 Å². The number of aryl methyl sites for hydroxylation is 2. The molecule has 2 rings (SSSR count). The van der Waals surface area contributed by atoms with Crippen molar-refractivity contribution >= 4 is 39.0 Å². The van der Waals surface area contributed by atoms with Gasteiger partial charge in [-0.3, -0.25) is 4.72 Å². The minimum Gasteiger partial charge on any atom is -0.360 e. The Balaban J connectivity index is 2.47. The number of nitrogens with one attached hydrogen (secondary N) is 1. The smallest absolute Gasteiger partial charge is 0.360 e. The van der Waals surface area contributed by atoms with E-state index in [0.717, 1.165) is 0 Å². The first-order valence-electron chi connectivity index (χ1n) is 5.82. The van der Waals surface area contributed by atoms with Gasteiger partial charge in [-0.15, -0.1) is 0 Å². The lowest BCUT2D eigenvalue weighted by molar-refractivity contribution is -0.137. The summed E-state index contributed by atoms with van der Waals surface area (Å²) in [5, 5.41) is 2.00. The number of halogens is 5. The van der Waals surface area contributed by atoms with Crippen molar-refractivity contribution in [3.63, 3.8) is 0 Å².